The van der Waals surface area contributed by atoms with Crippen molar-refractivity contribution in [2.45, 2.75) is 32.9 Å². The van der Waals surface area contributed by atoms with E-state index in [1.807, 2.05) is 7.05 Å². The van der Waals surface area contributed by atoms with Crippen LogP contribution in [0.4, 0.5) is 0 Å². The van der Waals surface area contributed by atoms with Crippen molar-refractivity contribution in [2.75, 3.05) is 20.2 Å². The van der Waals surface area contributed by atoms with Gasteiger partial charge in [0.05, 0.1) is 6.61 Å². The van der Waals surface area contributed by atoms with Crippen LogP contribution in [0.5, 0.6) is 0 Å². The lowest BCUT2D eigenvalue weighted by molar-refractivity contribution is 0.117. The summed E-state index contributed by atoms with van der Waals surface area (Å²) in [5, 5.41) is 9.13. The molecule has 0 aliphatic heterocycles. The zero-order chi connectivity index (χ0) is 9.72. The van der Waals surface area contributed by atoms with Crippen LogP contribution >= 0.6 is 0 Å². The van der Waals surface area contributed by atoms with Gasteiger partial charge in [-0.25, -0.2) is 0 Å². The van der Waals surface area contributed by atoms with Gasteiger partial charge in [-0.05, 0) is 19.5 Å². The third-order valence-electron chi connectivity index (χ3n) is 2.47. The van der Waals surface area contributed by atoms with E-state index in [1.165, 1.54) is 0 Å². The first-order valence-corrected chi connectivity index (χ1v) is 4.61. The molecule has 2 atom stereocenters. The smallest absolute Gasteiger partial charge is 0.0601 e. The fraction of sp³-hybridized carbons (Fsp3) is 1.00. The molecule has 0 aliphatic carbocycles. The molecule has 0 rings (SSSR count). The lowest BCUT2D eigenvalue weighted by Gasteiger charge is -2.32. The highest BCUT2D eigenvalue weighted by Crippen LogP contribution is 2.08. The third kappa shape index (κ3) is 3.09. The van der Waals surface area contributed by atoms with E-state index >= 15 is 0 Å². The van der Waals surface area contributed by atoms with E-state index in [2.05, 4.69) is 25.7 Å². The predicted molar refractivity (Wildman–Crippen MR) is 52.0 cm³/mol. The molecule has 3 nitrogen and oxygen atoms in total. The van der Waals surface area contributed by atoms with Crippen molar-refractivity contribution in [3.63, 3.8) is 0 Å². The van der Waals surface area contributed by atoms with Gasteiger partial charge in [0.2, 0.25) is 0 Å². The van der Waals surface area contributed by atoms with Crippen LogP contribution < -0.4 is 5.73 Å². The first-order valence-electron chi connectivity index (χ1n) is 4.61. The van der Waals surface area contributed by atoms with Gasteiger partial charge in [0.15, 0.2) is 0 Å². The molecule has 0 aromatic heterocycles. The minimum Gasteiger partial charge on any atom is -0.395 e. The zero-order valence-corrected chi connectivity index (χ0v) is 8.62. The molecule has 0 aliphatic rings. The van der Waals surface area contributed by atoms with Gasteiger partial charge in [0, 0.05) is 12.1 Å². The summed E-state index contributed by atoms with van der Waals surface area (Å²) < 4.78 is 0. The van der Waals surface area contributed by atoms with Crippen LogP contribution in [0, 0.1) is 5.92 Å². The minimum absolute atomic E-state index is 0.0555. The first kappa shape index (κ1) is 11.9. The average molecular weight is 174 g/mol. The lowest BCUT2D eigenvalue weighted by Crippen LogP contribution is -2.50. The van der Waals surface area contributed by atoms with Crippen molar-refractivity contribution in [2.24, 2.45) is 11.7 Å². The fourth-order valence-electron chi connectivity index (χ4n) is 1.23. The summed E-state index contributed by atoms with van der Waals surface area (Å²) in [6.45, 7) is 7.29. The number of rotatable bonds is 5. The molecule has 0 fully saturated rings. The monoisotopic (exact) mass is 174 g/mol. The number of hydrogen-bond donors (Lipinski definition) is 2. The number of nitrogens with two attached hydrogens (primary N) is 1. The van der Waals surface area contributed by atoms with Crippen LogP contribution in [0.1, 0.15) is 20.8 Å². The van der Waals surface area contributed by atoms with E-state index < -0.39 is 0 Å². The van der Waals surface area contributed by atoms with Gasteiger partial charge >= 0.3 is 0 Å². The molecule has 0 radical (unpaired) electrons. The molecule has 0 spiro atoms. The standard InChI is InChI=1S/C9H22N2O/c1-5-11(4)8(6-12)9(10)7(2)3/h7-9,12H,5-6,10H2,1-4H3. The molecule has 0 aromatic carbocycles. The van der Waals surface area contributed by atoms with Crippen LogP contribution in [0.15, 0.2) is 0 Å². The Labute approximate surface area is 75.6 Å². The maximum absolute atomic E-state index is 9.13. The third-order valence-corrected chi connectivity index (χ3v) is 2.47. The second-order valence-electron chi connectivity index (χ2n) is 3.64. The summed E-state index contributed by atoms with van der Waals surface area (Å²) in [5.74, 6) is 0.413. The van der Waals surface area contributed by atoms with E-state index in [4.69, 9.17) is 10.8 Å². The minimum atomic E-state index is 0.0555. The largest absolute Gasteiger partial charge is 0.395 e. The summed E-state index contributed by atoms with van der Waals surface area (Å²) >= 11 is 0. The van der Waals surface area contributed by atoms with Gasteiger partial charge in [0.25, 0.3) is 0 Å². The molecule has 0 bridgehead atoms. The van der Waals surface area contributed by atoms with E-state index in [1.54, 1.807) is 0 Å². The average Bonchev–Trinajstić information content (AvgIpc) is 2.05. The van der Waals surface area contributed by atoms with Crippen LogP contribution in [-0.4, -0.2) is 42.3 Å². The molecule has 0 aromatic rings. The van der Waals surface area contributed by atoms with E-state index in [-0.39, 0.29) is 18.7 Å². The Hall–Kier alpha value is -0.120. The summed E-state index contributed by atoms with van der Waals surface area (Å²) in [4.78, 5) is 2.09. The van der Waals surface area contributed by atoms with Crippen molar-refractivity contribution in [1.82, 2.24) is 4.90 Å². The molecule has 0 amide bonds. The van der Waals surface area contributed by atoms with Crippen molar-refractivity contribution in [3.8, 4) is 0 Å². The van der Waals surface area contributed by atoms with Gasteiger partial charge in [-0.2, -0.15) is 0 Å². The van der Waals surface area contributed by atoms with Gasteiger partial charge in [0.1, 0.15) is 0 Å². The van der Waals surface area contributed by atoms with Gasteiger partial charge in [-0.1, -0.05) is 20.8 Å². The number of hydrogen-bond acceptors (Lipinski definition) is 3. The molecule has 0 saturated carbocycles. The number of aliphatic hydroxyl groups is 1. The Kier molecular flexibility index (Phi) is 5.46. The normalized spacial score (nSPS) is 17.0. The summed E-state index contributed by atoms with van der Waals surface area (Å²) in [5.41, 5.74) is 5.95. The maximum Gasteiger partial charge on any atom is 0.0601 e. The number of likely N-dealkylation sites (N-methyl/N-ethyl adjacent to an activating group) is 1. The first-order chi connectivity index (χ1) is 5.54. The van der Waals surface area contributed by atoms with Gasteiger partial charge in [-0.3, -0.25) is 4.90 Å². The molecule has 2 unspecified atom stereocenters. The second kappa shape index (κ2) is 5.51. The molecule has 0 heterocycles. The number of nitrogens with zero attached hydrogens (tertiary/aromatic N) is 1. The molecule has 12 heavy (non-hydrogen) atoms. The Morgan fingerprint density at radius 2 is 1.92 bits per heavy atom. The summed E-state index contributed by atoms with van der Waals surface area (Å²) in [6.07, 6.45) is 0. The lowest BCUT2D eigenvalue weighted by atomic mass is 9.97. The summed E-state index contributed by atoms with van der Waals surface area (Å²) in [7, 11) is 1.99. The molecule has 3 N–H and O–H groups in total. The molecular weight excluding hydrogens is 152 g/mol. The SMILES string of the molecule is CCN(C)C(CO)C(N)C(C)C. The van der Waals surface area contributed by atoms with Crippen molar-refractivity contribution in [1.29, 1.82) is 0 Å². The highest BCUT2D eigenvalue weighted by Gasteiger charge is 2.22. The van der Waals surface area contributed by atoms with Crippen LogP contribution in [0.25, 0.3) is 0 Å². The zero-order valence-electron chi connectivity index (χ0n) is 8.62. The topological polar surface area (TPSA) is 49.5 Å². The second-order valence-corrected chi connectivity index (χ2v) is 3.64. The molecule has 74 valence electrons. The predicted octanol–water partition coefficient (Wildman–Crippen LogP) is 0.282. The van der Waals surface area contributed by atoms with Gasteiger partial charge < -0.3 is 10.8 Å². The van der Waals surface area contributed by atoms with Crippen molar-refractivity contribution in [3.05, 3.63) is 0 Å². The number of aliphatic hydroxyl groups excluding tert-OH is 1. The van der Waals surface area contributed by atoms with E-state index in [0.717, 1.165) is 6.54 Å². The molecule has 0 saturated heterocycles. The van der Waals surface area contributed by atoms with Crippen molar-refractivity contribution >= 4 is 0 Å². The van der Waals surface area contributed by atoms with E-state index in [0.29, 0.717) is 5.92 Å². The summed E-state index contributed by atoms with van der Waals surface area (Å²) in [6, 6.07) is 0.148. The highest BCUT2D eigenvalue weighted by molar-refractivity contribution is 4.81. The fourth-order valence-corrected chi connectivity index (χ4v) is 1.23. The Bertz CT molecular complexity index is 117. The molecular formula is C9H22N2O. The maximum atomic E-state index is 9.13. The molecule has 3 heteroatoms. The Morgan fingerprint density at radius 1 is 1.42 bits per heavy atom. The Balaban J connectivity index is 4.13. The van der Waals surface area contributed by atoms with E-state index in [9.17, 15) is 0 Å². The highest BCUT2D eigenvalue weighted by atomic mass is 16.3. The quantitative estimate of drug-likeness (QED) is 0.629. The van der Waals surface area contributed by atoms with Crippen LogP contribution in [0.3, 0.4) is 0 Å². The Morgan fingerprint density at radius 3 is 2.17 bits per heavy atom. The van der Waals surface area contributed by atoms with Gasteiger partial charge in [-0.15, -0.1) is 0 Å². The van der Waals surface area contributed by atoms with Crippen molar-refractivity contribution < 1.29 is 5.11 Å². The van der Waals surface area contributed by atoms with Crippen LogP contribution in [0.2, 0.25) is 0 Å². The van der Waals surface area contributed by atoms with Crippen LogP contribution in [-0.2, 0) is 0 Å².